The highest BCUT2D eigenvalue weighted by atomic mass is 32.2. The molecule has 2 N–H and O–H groups in total. The van der Waals surface area contributed by atoms with E-state index in [0.29, 0.717) is 27.0 Å². The minimum Gasteiger partial charge on any atom is -0.480 e. The number of carbonyl (C=O) groups excluding carboxylic acids is 1. The Bertz CT molecular complexity index is 1500. The van der Waals surface area contributed by atoms with E-state index in [2.05, 4.69) is 12.2 Å². The summed E-state index contributed by atoms with van der Waals surface area (Å²) in [5.41, 5.74) is 2.49. The SMILES string of the molecule is C[C@H]1CCc2c(sc3nc(SCC(=O)N[C@H](Cc4ccccc4)C(=O)O)n(-c4ccccc4)c(=O)c23)C1. The Labute approximate surface area is 222 Å². The van der Waals surface area contributed by atoms with Gasteiger partial charge in [-0.1, -0.05) is 67.2 Å². The van der Waals surface area contributed by atoms with Crippen molar-refractivity contribution in [2.45, 2.75) is 43.8 Å². The van der Waals surface area contributed by atoms with Crippen LogP contribution in [0.3, 0.4) is 0 Å². The van der Waals surface area contributed by atoms with Crippen molar-refractivity contribution in [1.82, 2.24) is 14.9 Å². The smallest absolute Gasteiger partial charge is 0.326 e. The highest BCUT2D eigenvalue weighted by Crippen LogP contribution is 2.37. The third-order valence-electron chi connectivity index (χ3n) is 6.56. The number of fused-ring (bicyclic) bond motifs is 3. The lowest BCUT2D eigenvalue weighted by Crippen LogP contribution is -2.43. The van der Waals surface area contributed by atoms with E-state index < -0.39 is 17.9 Å². The highest BCUT2D eigenvalue weighted by molar-refractivity contribution is 7.99. The van der Waals surface area contributed by atoms with Crippen LogP contribution in [0.15, 0.2) is 70.6 Å². The van der Waals surface area contributed by atoms with Gasteiger partial charge in [0.1, 0.15) is 10.9 Å². The Kier molecular flexibility index (Phi) is 7.43. The summed E-state index contributed by atoms with van der Waals surface area (Å²) in [4.78, 5) is 45.2. The zero-order valence-corrected chi connectivity index (χ0v) is 22.0. The number of benzene rings is 2. The maximum absolute atomic E-state index is 13.8. The number of aryl methyl sites for hydroxylation is 1. The lowest BCUT2D eigenvalue weighted by Gasteiger charge is -2.18. The van der Waals surface area contributed by atoms with Gasteiger partial charge in [0.15, 0.2) is 5.16 Å². The Morgan fingerprint density at radius 1 is 1.16 bits per heavy atom. The molecule has 9 heteroatoms. The lowest BCUT2D eigenvalue weighted by atomic mass is 9.89. The molecule has 2 aromatic carbocycles. The maximum Gasteiger partial charge on any atom is 0.326 e. The number of aliphatic carboxylic acids is 1. The number of hydrogen-bond donors (Lipinski definition) is 2. The molecule has 0 spiro atoms. The average Bonchev–Trinajstić information content (AvgIpc) is 3.25. The molecule has 190 valence electrons. The van der Waals surface area contributed by atoms with Crippen LogP contribution in [0.1, 0.15) is 29.3 Å². The molecular weight excluding hydrogens is 506 g/mol. The molecular formula is C28H27N3O4S2. The van der Waals surface area contributed by atoms with Crippen LogP contribution in [-0.4, -0.2) is 38.3 Å². The molecule has 1 amide bonds. The Morgan fingerprint density at radius 2 is 1.86 bits per heavy atom. The third kappa shape index (κ3) is 5.47. The molecule has 37 heavy (non-hydrogen) atoms. The first kappa shape index (κ1) is 25.2. The molecule has 0 saturated heterocycles. The molecule has 2 aromatic heterocycles. The van der Waals surface area contributed by atoms with E-state index in [9.17, 15) is 19.5 Å². The number of hydrogen-bond acceptors (Lipinski definition) is 6. The van der Waals surface area contributed by atoms with Crippen molar-refractivity contribution in [3.63, 3.8) is 0 Å². The molecule has 2 heterocycles. The van der Waals surface area contributed by atoms with Crippen LogP contribution in [-0.2, 0) is 28.9 Å². The molecule has 1 aliphatic carbocycles. The van der Waals surface area contributed by atoms with Crippen LogP contribution in [0.5, 0.6) is 0 Å². The van der Waals surface area contributed by atoms with Crippen molar-refractivity contribution in [2.24, 2.45) is 5.92 Å². The zero-order valence-electron chi connectivity index (χ0n) is 20.3. The summed E-state index contributed by atoms with van der Waals surface area (Å²) in [7, 11) is 0. The molecule has 5 rings (SSSR count). The van der Waals surface area contributed by atoms with Gasteiger partial charge in [-0.3, -0.25) is 14.2 Å². The second kappa shape index (κ2) is 10.9. The highest BCUT2D eigenvalue weighted by Gasteiger charge is 2.26. The first-order chi connectivity index (χ1) is 17.9. The van der Waals surface area contributed by atoms with Crippen molar-refractivity contribution in [1.29, 1.82) is 0 Å². The predicted molar refractivity (Wildman–Crippen MR) is 147 cm³/mol. The van der Waals surface area contributed by atoms with Gasteiger partial charge in [0.05, 0.1) is 16.8 Å². The van der Waals surface area contributed by atoms with Gasteiger partial charge in [0.25, 0.3) is 5.56 Å². The largest absolute Gasteiger partial charge is 0.480 e. The lowest BCUT2D eigenvalue weighted by molar-refractivity contribution is -0.141. The van der Waals surface area contributed by atoms with E-state index in [0.717, 1.165) is 42.2 Å². The summed E-state index contributed by atoms with van der Waals surface area (Å²) in [6, 6.07) is 17.4. The number of carboxylic acid groups (broad SMARTS) is 1. The molecule has 0 bridgehead atoms. The molecule has 2 atom stereocenters. The van der Waals surface area contributed by atoms with E-state index in [4.69, 9.17) is 4.98 Å². The maximum atomic E-state index is 13.8. The minimum atomic E-state index is -1.10. The quantitative estimate of drug-likeness (QED) is 0.256. The number of aromatic nitrogens is 2. The molecule has 0 aliphatic heterocycles. The van der Waals surface area contributed by atoms with Crippen molar-refractivity contribution >= 4 is 45.2 Å². The number of nitrogens with zero attached hydrogens (tertiary/aromatic N) is 2. The van der Waals surface area contributed by atoms with E-state index >= 15 is 0 Å². The van der Waals surface area contributed by atoms with Crippen LogP contribution in [0.25, 0.3) is 15.9 Å². The number of para-hydroxylation sites is 1. The number of rotatable bonds is 8. The molecule has 0 saturated carbocycles. The second-order valence-electron chi connectivity index (χ2n) is 9.34. The zero-order chi connectivity index (χ0) is 25.9. The van der Waals surface area contributed by atoms with Crippen LogP contribution in [0, 0.1) is 5.92 Å². The molecule has 1 aliphatic rings. The normalized spacial score (nSPS) is 15.8. The van der Waals surface area contributed by atoms with E-state index in [-0.39, 0.29) is 17.7 Å². The molecule has 0 unspecified atom stereocenters. The monoisotopic (exact) mass is 533 g/mol. The predicted octanol–water partition coefficient (Wildman–Crippen LogP) is 4.48. The third-order valence-corrected chi connectivity index (χ3v) is 8.65. The first-order valence-electron chi connectivity index (χ1n) is 12.2. The summed E-state index contributed by atoms with van der Waals surface area (Å²) in [5.74, 6) is -1.01. The molecule has 0 fully saturated rings. The van der Waals surface area contributed by atoms with E-state index in [1.54, 1.807) is 15.9 Å². The Morgan fingerprint density at radius 3 is 2.57 bits per heavy atom. The van der Waals surface area contributed by atoms with Crippen molar-refractivity contribution < 1.29 is 14.7 Å². The summed E-state index contributed by atoms with van der Waals surface area (Å²) in [6.45, 7) is 2.23. The molecule has 0 radical (unpaired) electrons. The Balaban J connectivity index is 1.43. The van der Waals surface area contributed by atoms with Gasteiger partial charge in [-0.15, -0.1) is 11.3 Å². The number of nitrogens with one attached hydrogen (secondary N) is 1. The summed E-state index contributed by atoms with van der Waals surface area (Å²) < 4.78 is 1.57. The summed E-state index contributed by atoms with van der Waals surface area (Å²) in [5, 5.41) is 13.4. The number of carboxylic acids is 1. The van der Waals surface area contributed by atoms with Gasteiger partial charge in [-0.05, 0) is 48.4 Å². The fraction of sp³-hybridized carbons (Fsp3) is 0.286. The van der Waals surface area contributed by atoms with E-state index in [1.807, 2.05) is 60.7 Å². The number of thioether (sulfide) groups is 1. The van der Waals surface area contributed by atoms with Gasteiger partial charge in [-0.25, -0.2) is 9.78 Å². The van der Waals surface area contributed by atoms with Gasteiger partial charge in [-0.2, -0.15) is 0 Å². The Hall–Kier alpha value is -3.43. The number of thiophene rings is 1. The number of amides is 1. The van der Waals surface area contributed by atoms with Crippen molar-refractivity contribution in [3.8, 4) is 5.69 Å². The summed E-state index contributed by atoms with van der Waals surface area (Å²) >= 11 is 2.71. The molecule has 4 aromatic rings. The fourth-order valence-corrected chi connectivity index (χ4v) is 6.94. The van der Waals surface area contributed by atoms with Gasteiger partial charge in [0, 0.05) is 11.3 Å². The van der Waals surface area contributed by atoms with Gasteiger partial charge < -0.3 is 10.4 Å². The standard InChI is InChI=1S/C28H27N3O4S2/c1-17-12-13-20-22(14-17)37-25-24(20)26(33)31(19-10-6-3-7-11-19)28(30-25)36-16-23(32)29-21(27(34)35)15-18-8-4-2-5-9-18/h2-11,17,21H,12-16H2,1H3,(H,29,32)(H,34,35)/t17-,21+/m0/s1. The topological polar surface area (TPSA) is 101 Å². The first-order valence-corrected chi connectivity index (χ1v) is 14.0. The second-order valence-corrected chi connectivity index (χ2v) is 11.4. The van der Waals surface area contributed by atoms with Gasteiger partial charge in [0.2, 0.25) is 5.91 Å². The average molecular weight is 534 g/mol. The van der Waals surface area contributed by atoms with Gasteiger partial charge >= 0.3 is 5.97 Å². The summed E-state index contributed by atoms with van der Waals surface area (Å²) in [6.07, 6.45) is 3.05. The van der Waals surface area contributed by atoms with Crippen LogP contribution in [0.2, 0.25) is 0 Å². The van der Waals surface area contributed by atoms with Crippen LogP contribution >= 0.6 is 23.1 Å². The number of carbonyl (C=O) groups is 2. The van der Waals surface area contributed by atoms with Crippen molar-refractivity contribution in [3.05, 3.63) is 87.0 Å². The fourth-order valence-electron chi connectivity index (χ4n) is 4.69. The van der Waals surface area contributed by atoms with Crippen molar-refractivity contribution in [2.75, 3.05) is 5.75 Å². The van der Waals surface area contributed by atoms with E-state index in [1.165, 1.54) is 4.88 Å². The van der Waals surface area contributed by atoms with Crippen LogP contribution < -0.4 is 10.9 Å². The molecule has 7 nitrogen and oxygen atoms in total. The van der Waals surface area contributed by atoms with Crippen LogP contribution in [0.4, 0.5) is 0 Å². The minimum absolute atomic E-state index is 0.0640.